The molecule has 0 spiro atoms. The van der Waals surface area contributed by atoms with Crippen LogP contribution in [0.2, 0.25) is 0 Å². The molecule has 1 amide bonds. The number of nitro benzene ring substituents is 1. The Morgan fingerprint density at radius 1 is 1.35 bits per heavy atom. The number of nitrogens with zero attached hydrogens (tertiary/aromatic N) is 2. The number of fused-ring (bicyclic) bond motifs is 1. The summed E-state index contributed by atoms with van der Waals surface area (Å²) in [6.45, 7) is 2.09. The van der Waals surface area contributed by atoms with E-state index in [0.717, 1.165) is 19.3 Å². The van der Waals surface area contributed by atoms with Gasteiger partial charge in [-0.05, 0) is 43.2 Å². The maximum atomic E-state index is 12.8. The molecule has 2 aliphatic rings. The van der Waals surface area contributed by atoms with Crippen LogP contribution in [-0.2, 0) is 4.79 Å². The molecule has 122 valence electrons. The van der Waals surface area contributed by atoms with Gasteiger partial charge in [0.15, 0.2) is 0 Å². The fraction of sp³-hybridized carbons (Fsp3) is 0.500. The van der Waals surface area contributed by atoms with Crippen LogP contribution in [0, 0.1) is 28.9 Å². The average Bonchev–Trinajstić information content (AvgIpc) is 3.05. The van der Waals surface area contributed by atoms with Crippen LogP contribution in [0.15, 0.2) is 18.2 Å². The molecular formula is C16H18N2O5. The second-order valence-electron chi connectivity index (χ2n) is 6.35. The number of rotatable bonds is 3. The fourth-order valence-electron chi connectivity index (χ4n) is 3.99. The predicted molar refractivity (Wildman–Crippen MR) is 81.1 cm³/mol. The Bertz CT molecular complexity index is 687. The molecule has 7 nitrogen and oxygen atoms in total. The Labute approximate surface area is 133 Å². The lowest BCUT2D eigenvalue weighted by Gasteiger charge is -2.25. The molecule has 1 N–H and O–H groups in total. The molecule has 1 saturated carbocycles. The molecule has 1 aromatic rings. The molecule has 3 unspecified atom stereocenters. The van der Waals surface area contributed by atoms with Crippen molar-refractivity contribution in [2.24, 2.45) is 11.8 Å². The van der Waals surface area contributed by atoms with Crippen LogP contribution in [0.5, 0.6) is 0 Å². The van der Waals surface area contributed by atoms with Crippen LogP contribution in [0.3, 0.4) is 0 Å². The number of nitro groups is 1. The number of carbonyl (C=O) groups is 2. The van der Waals surface area contributed by atoms with Gasteiger partial charge in [-0.1, -0.05) is 6.42 Å². The third kappa shape index (κ3) is 2.56. The molecular weight excluding hydrogens is 300 g/mol. The summed E-state index contributed by atoms with van der Waals surface area (Å²) in [5.74, 6) is -1.04. The summed E-state index contributed by atoms with van der Waals surface area (Å²) in [5.41, 5.74) is 0.749. The predicted octanol–water partition coefficient (Wildman–Crippen LogP) is 2.23. The summed E-state index contributed by atoms with van der Waals surface area (Å²) in [6.07, 6.45) is 2.81. The molecule has 7 heteroatoms. The molecule has 0 bridgehead atoms. The minimum Gasteiger partial charge on any atom is -0.480 e. The molecule has 1 heterocycles. The summed E-state index contributed by atoms with van der Waals surface area (Å²) in [7, 11) is 0. The number of hydrogen-bond acceptors (Lipinski definition) is 4. The zero-order chi connectivity index (χ0) is 16.7. The zero-order valence-electron chi connectivity index (χ0n) is 12.8. The van der Waals surface area contributed by atoms with Gasteiger partial charge in [0, 0.05) is 24.2 Å². The number of amides is 1. The van der Waals surface area contributed by atoms with Crippen molar-refractivity contribution in [2.75, 3.05) is 6.54 Å². The van der Waals surface area contributed by atoms with Gasteiger partial charge in [-0.15, -0.1) is 0 Å². The van der Waals surface area contributed by atoms with Crippen molar-refractivity contribution in [2.45, 2.75) is 32.2 Å². The number of benzene rings is 1. The second-order valence-corrected chi connectivity index (χ2v) is 6.35. The first-order chi connectivity index (χ1) is 10.9. The normalized spacial score (nSPS) is 26.1. The van der Waals surface area contributed by atoms with Crippen LogP contribution in [0.1, 0.15) is 35.2 Å². The highest BCUT2D eigenvalue weighted by Gasteiger charge is 2.49. The van der Waals surface area contributed by atoms with Crippen molar-refractivity contribution in [3.63, 3.8) is 0 Å². The van der Waals surface area contributed by atoms with Crippen molar-refractivity contribution in [1.82, 2.24) is 4.90 Å². The zero-order valence-corrected chi connectivity index (χ0v) is 12.8. The Morgan fingerprint density at radius 3 is 2.70 bits per heavy atom. The van der Waals surface area contributed by atoms with Crippen LogP contribution in [0.25, 0.3) is 0 Å². The van der Waals surface area contributed by atoms with Crippen molar-refractivity contribution in [1.29, 1.82) is 0 Å². The summed E-state index contributed by atoms with van der Waals surface area (Å²) >= 11 is 0. The van der Waals surface area contributed by atoms with Crippen LogP contribution >= 0.6 is 0 Å². The number of aliphatic carboxylic acids is 1. The Balaban J connectivity index is 1.90. The molecule has 1 saturated heterocycles. The summed E-state index contributed by atoms with van der Waals surface area (Å²) < 4.78 is 0. The number of carbonyl (C=O) groups excluding carboxylic acids is 1. The number of non-ortho nitro benzene ring substituents is 1. The van der Waals surface area contributed by atoms with Crippen molar-refractivity contribution in [3.05, 3.63) is 39.4 Å². The smallest absolute Gasteiger partial charge is 0.326 e. The highest BCUT2D eigenvalue weighted by atomic mass is 16.6. The number of hydrogen-bond donors (Lipinski definition) is 1. The molecule has 0 aromatic heterocycles. The van der Waals surface area contributed by atoms with Crippen molar-refractivity contribution in [3.8, 4) is 0 Å². The fourth-order valence-corrected chi connectivity index (χ4v) is 3.99. The van der Waals surface area contributed by atoms with Gasteiger partial charge in [-0.2, -0.15) is 0 Å². The van der Waals surface area contributed by atoms with E-state index in [1.807, 2.05) is 0 Å². The third-order valence-corrected chi connectivity index (χ3v) is 5.06. The quantitative estimate of drug-likeness (QED) is 0.680. The topological polar surface area (TPSA) is 101 Å². The molecule has 0 radical (unpaired) electrons. The SMILES string of the molecule is Cc1cc([N+](=O)[O-])ccc1C(=O)N1CC2CCCC2C1C(=O)O. The number of carboxylic acids is 1. The number of carboxylic acid groups (broad SMARTS) is 1. The van der Waals surface area contributed by atoms with Gasteiger partial charge >= 0.3 is 5.97 Å². The Kier molecular flexibility index (Phi) is 3.79. The summed E-state index contributed by atoms with van der Waals surface area (Å²) in [6, 6.07) is 3.26. The molecule has 1 aromatic carbocycles. The first kappa shape index (κ1) is 15.5. The van der Waals surface area contributed by atoms with Gasteiger partial charge in [0.1, 0.15) is 6.04 Å². The van der Waals surface area contributed by atoms with Crippen LogP contribution < -0.4 is 0 Å². The van der Waals surface area contributed by atoms with E-state index in [1.165, 1.54) is 23.1 Å². The van der Waals surface area contributed by atoms with Gasteiger partial charge in [0.25, 0.3) is 11.6 Å². The van der Waals surface area contributed by atoms with Gasteiger partial charge in [0.05, 0.1) is 4.92 Å². The van der Waals surface area contributed by atoms with Gasteiger partial charge in [0.2, 0.25) is 0 Å². The largest absolute Gasteiger partial charge is 0.480 e. The minimum absolute atomic E-state index is 0.0230. The first-order valence-corrected chi connectivity index (χ1v) is 7.69. The number of likely N-dealkylation sites (tertiary alicyclic amines) is 1. The molecule has 3 rings (SSSR count). The van der Waals surface area contributed by atoms with E-state index in [2.05, 4.69) is 0 Å². The lowest BCUT2D eigenvalue weighted by molar-refractivity contribution is -0.384. The van der Waals surface area contributed by atoms with Gasteiger partial charge in [-0.25, -0.2) is 4.79 Å². The Hall–Kier alpha value is -2.44. The number of aryl methyl sites for hydroxylation is 1. The maximum absolute atomic E-state index is 12.8. The van der Waals surface area contributed by atoms with E-state index >= 15 is 0 Å². The van der Waals surface area contributed by atoms with Crippen molar-refractivity contribution >= 4 is 17.6 Å². The molecule has 1 aliphatic carbocycles. The molecule has 3 atom stereocenters. The lowest BCUT2D eigenvalue weighted by atomic mass is 9.94. The van der Waals surface area contributed by atoms with E-state index in [4.69, 9.17) is 0 Å². The van der Waals surface area contributed by atoms with Crippen LogP contribution in [0.4, 0.5) is 5.69 Å². The highest BCUT2D eigenvalue weighted by molar-refractivity contribution is 5.98. The summed E-state index contributed by atoms with van der Waals surface area (Å²) in [5, 5.41) is 20.3. The monoisotopic (exact) mass is 318 g/mol. The maximum Gasteiger partial charge on any atom is 0.326 e. The van der Waals surface area contributed by atoms with E-state index in [0.29, 0.717) is 17.7 Å². The van der Waals surface area contributed by atoms with Gasteiger partial charge < -0.3 is 10.0 Å². The average molecular weight is 318 g/mol. The van der Waals surface area contributed by atoms with Gasteiger partial charge in [-0.3, -0.25) is 14.9 Å². The second kappa shape index (κ2) is 5.64. The highest BCUT2D eigenvalue weighted by Crippen LogP contribution is 2.42. The van der Waals surface area contributed by atoms with Crippen molar-refractivity contribution < 1.29 is 19.6 Å². The first-order valence-electron chi connectivity index (χ1n) is 7.69. The van der Waals surface area contributed by atoms with E-state index in [-0.39, 0.29) is 23.4 Å². The molecule has 1 aliphatic heterocycles. The van der Waals surface area contributed by atoms with Crippen LogP contribution in [-0.4, -0.2) is 39.4 Å². The molecule has 2 fully saturated rings. The summed E-state index contributed by atoms with van der Waals surface area (Å²) in [4.78, 5) is 36.1. The minimum atomic E-state index is -0.965. The third-order valence-electron chi connectivity index (χ3n) is 5.06. The van der Waals surface area contributed by atoms with E-state index in [9.17, 15) is 24.8 Å². The Morgan fingerprint density at radius 2 is 2.09 bits per heavy atom. The van der Waals surface area contributed by atoms with E-state index < -0.39 is 16.9 Å². The lowest BCUT2D eigenvalue weighted by Crippen LogP contribution is -2.43. The molecule has 23 heavy (non-hydrogen) atoms. The van der Waals surface area contributed by atoms with E-state index in [1.54, 1.807) is 6.92 Å². The standard InChI is InChI=1S/C16H18N2O5/c1-9-7-11(18(22)23)5-6-12(9)15(19)17-8-10-3-2-4-13(10)14(17)16(20)21/h5-7,10,13-14H,2-4,8H2,1H3,(H,20,21).